The third-order valence-electron chi connectivity index (χ3n) is 5.43. The van der Waals surface area contributed by atoms with Gasteiger partial charge in [-0.15, -0.1) is 11.3 Å². The quantitative estimate of drug-likeness (QED) is 0.587. The molecule has 1 fully saturated rings. The fraction of sp³-hybridized carbons (Fsp3) is 0.364. The van der Waals surface area contributed by atoms with Crippen LogP contribution in [0, 0.1) is 6.92 Å². The molecule has 3 aromatic rings. The van der Waals surface area contributed by atoms with Gasteiger partial charge < -0.3 is 5.32 Å². The topological polar surface area (TPSA) is 84.3 Å². The zero-order chi connectivity index (χ0) is 21.8. The van der Waals surface area contributed by atoms with E-state index in [2.05, 4.69) is 10.4 Å². The van der Waals surface area contributed by atoms with Crippen LogP contribution in [0.25, 0.3) is 10.6 Å². The summed E-state index contributed by atoms with van der Waals surface area (Å²) in [6.45, 7) is 4.11. The van der Waals surface area contributed by atoms with Crippen LogP contribution in [0.15, 0.2) is 52.7 Å². The average molecular weight is 459 g/mol. The molecule has 4 rings (SSSR count). The first-order valence-corrected chi connectivity index (χ1v) is 12.7. The van der Waals surface area contributed by atoms with Gasteiger partial charge in [0.15, 0.2) is 0 Å². The molecule has 1 saturated heterocycles. The molecule has 9 heteroatoms. The molecule has 0 saturated carbocycles. The summed E-state index contributed by atoms with van der Waals surface area (Å²) in [7, 11) is -3.49. The zero-order valence-electron chi connectivity index (χ0n) is 17.5. The summed E-state index contributed by atoms with van der Waals surface area (Å²) in [5.41, 5.74) is 2.41. The van der Waals surface area contributed by atoms with Crippen LogP contribution in [0.1, 0.15) is 35.3 Å². The predicted molar refractivity (Wildman–Crippen MR) is 122 cm³/mol. The van der Waals surface area contributed by atoms with E-state index in [-0.39, 0.29) is 10.8 Å². The number of carbonyl (C=O) groups excluding carboxylic acids is 1. The number of nitrogens with zero attached hydrogens (tertiary/aromatic N) is 3. The lowest BCUT2D eigenvalue weighted by Crippen LogP contribution is -2.35. The van der Waals surface area contributed by atoms with Crippen molar-refractivity contribution in [3.8, 4) is 10.6 Å². The van der Waals surface area contributed by atoms with Crippen molar-refractivity contribution in [2.75, 3.05) is 19.6 Å². The lowest BCUT2D eigenvalue weighted by molar-refractivity contribution is 0.0951. The minimum absolute atomic E-state index is 0.231. The monoisotopic (exact) mass is 458 g/mol. The molecule has 0 unspecified atom stereocenters. The number of amides is 1. The Balaban J connectivity index is 1.34. The maximum Gasteiger partial charge on any atom is 0.251 e. The Labute approximate surface area is 186 Å². The van der Waals surface area contributed by atoms with E-state index in [1.54, 1.807) is 23.5 Å². The lowest BCUT2D eigenvalue weighted by Gasteiger charge is -2.25. The first kappa shape index (κ1) is 21.7. The third-order valence-corrected chi connectivity index (χ3v) is 8.24. The van der Waals surface area contributed by atoms with Crippen molar-refractivity contribution in [2.24, 2.45) is 0 Å². The number of sulfonamides is 1. The highest BCUT2D eigenvalue weighted by Gasteiger charge is 2.25. The van der Waals surface area contributed by atoms with Crippen LogP contribution in [0.3, 0.4) is 0 Å². The van der Waals surface area contributed by atoms with Crippen LogP contribution >= 0.6 is 11.3 Å². The van der Waals surface area contributed by atoms with E-state index >= 15 is 0 Å². The molecular weight excluding hydrogens is 432 g/mol. The maximum atomic E-state index is 12.7. The molecule has 0 spiro atoms. The molecule has 164 valence electrons. The van der Waals surface area contributed by atoms with Crippen LogP contribution in [-0.2, 0) is 16.6 Å². The van der Waals surface area contributed by atoms with Gasteiger partial charge in [0.05, 0.1) is 16.3 Å². The van der Waals surface area contributed by atoms with E-state index in [0.29, 0.717) is 31.7 Å². The Morgan fingerprint density at radius 1 is 1.13 bits per heavy atom. The summed E-state index contributed by atoms with van der Waals surface area (Å²) in [4.78, 5) is 13.8. The molecule has 0 bridgehead atoms. The molecular formula is C22H26N4O3S2. The van der Waals surface area contributed by atoms with Crippen LogP contribution < -0.4 is 5.32 Å². The number of piperidine rings is 1. The van der Waals surface area contributed by atoms with Gasteiger partial charge >= 0.3 is 0 Å². The van der Waals surface area contributed by atoms with Crippen LogP contribution in [0.5, 0.6) is 0 Å². The predicted octanol–water partition coefficient (Wildman–Crippen LogP) is 3.52. The minimum Gasteiger partial charge on any atom is -0.350 e. The second-order valence-corrected chi connectivity index (χ2v) is 10.5. The fourth-order valence-electron chi connectivity index (χ4n) is 3.69. The molecule has 7 nitrogen and oxygen atoms in total. The van der Waals surface area contributed by atoms with E-state index in [1.807, 2.05) is 35.2 Å². The Morgan fingerprint density at radius 2 is 1.87 bits per heavy atom. The van der Waals surface area contributed by atoms with Crippen molar-refractivity contribution in [2.45, 2.75) is 37.6 Å². The molecule has 1 aromatic carbocycles. The SMILES string of the molecule is Cc1cc(-c2cccs2)nn1CCNC(=O)c1ccc(S(=O)(=O)N2CCCCC2)cc1. The van der Waals surface area contributed by atoms with Gasteiger partial charge in [0.25, 0.3) is 5.91 Å². The van der Waals surface area contributed by atoms with Gasteiger partial charge in [-0.1, -0.05) is 12.5 Å². The number of benzene rings is 1. The number of nitrogens with one attached hydrogen (secondary N) is 1. The maximum absolute atomic E-state index is 12.7. The van der Waals surface area contributed by atoms with Gasteiger partial charge in [-0.3, -0.25) is 9.48 Å². The van der Waals surface area contributed by atoms with E-state index in [9.17, 15) is 13.2 Å². The molecule has 1 N–H and O–H groups in total. The number of rotatable bonds is 7. The number of aromatic nitrogens is 2. The van der Waals surface area contributed by atoms with Crippen molar-refractivity contribution in [3.05, 3.63) is 59.1 Å². The summed E-state index contributed by atoms with van der Waals surface area (Å²) in [6, 6.07) is 12.2. The largest absolute Gasteiger partial charge is 0.350 e. The van der Waals surface area contributed by atoms with Crippen LogP contribution in [-0.4, -0.2) is 48.0 Å². The molecule has 2 aromatic heterocycles. The zero-order valence-corrected chi connectivity index (χ0v) is 19.1. The Morgan fingerprint density at radius 3 is 2.55 bits per heavy atom. The Bertz CT molecular complexity index is 1130. The van der Waals surface area contributed by atoms with Crippen LogP contribution in [0.2, 0.25) is 0 Å². The Kier molecular flexibility index (Phi) is 6.54. The lowest BCUT2D eigenvalue weighted by atomic mass is 10.2. The van der Waals surface area contributed by atoms with Gasteiger partial charge in [-0.25, -0.2) is 8.42 Å². The second kappa shape index (κ2) is 9.33. The third kappa shape index (κ3) is 4.89. The van der Waals surface area contributed by atoms with E-state index in [4.69, 9.17) is 0 Å². The summed E-state index contributed by atoms with van der Waals surface area (Å²) in [6.07, 6.45) is 2.85. The number of hydrogen-bond acceptors (Lipinski definition) is 5. The highest BCUT2D eigenvalue weighted by molar-refractivity contribution is 7.89. The number of carbonyl (C=O) groups is 1. The van der Waals surface area contributed by atoms with Crippen molar-refractivity contribution in [3.63, 3.8) is 0 Å². The standard InChI is InChI=1S/C22H26N4O3S2/c1-17-16-20(21-6-5-15-30-21)24-26(17)14-11-23-22(27)18-7-9-19(10-8-18)31(28,29)25-12-3-2-4-13-25/h5-10,15-16H,2-4,11-14H2,1H3,(H,23,27). The van der Waals surface area contributed by atoms with Gasteiger partial charge in [0.2, 0.25) is 10.0 Å². The smallest absolute Gasteiger partial charge is 0.251 e. The van der Waals surface area contributed by atoms with Gasteiger partial charge in [-0.05, 0) is 61.5 Å². The van der Waals surface area contributed by atoms with Crippen LogP contribution in [0.4, 0.5) is 0 Å². The normalized spacial score (nSPS) is 15.1. The first-order chi connectivity index (χ1) is 14.9. The van der Waals surface area contributed by atoms with Crippen molar-refractivity contribution < 1.29 is 13.2 Å². The minimum atomic E-state index is -3.49. The van der Waals surface area contributed by atoms with E-state index in [1.165, 1.54) is 16.4 Å². The van der Waals surface area contributed by atoms with Gasteiger partial charge in [0, 0.05) is 30.9 Å². The summed E-state index contributed by atoms with van der Waals surface area (Å²) in [5.74, 6) is -0.231. The summed E-state index contributed by atoms with van der Waals surface area (Å²) >= 11 is 1.64. The van der Waals surface area contributed by atoms with Crippen molar-refractivity contribution >= 4 is 27.3 Å². The average Bonchev–Trinajstić information content (AvgIpc) is 3.44. The number of hydrogen-bond donors (Lipinski definition) is 1. The molecule has 31 heavy (non-hydrogen) atoms. The molecule has 1 aliphatic rings. The second-order valence-electron chi connectivity index (χ2n) is 7.62. The van der Waals surface area contributed by atoms with Crippen molar-refractivity contribution in [1.82, 2.24) is 19.4 Å². The van der Waals surface area contributed by atoms with Gasteiger partial charge in [0.1, 0.15) is 5.69 Å². The molecule has 1 aliphatic heterocycles. The molecule has 3 heterocycles. The highest BCUT2D eigenvalue weighted by Crippen LogP contribution is 2.24. The van der Waals surface area contributed by atoms with Gasteiger partial charge in [-0.2, -0.15) is 9.40 Å². The van der Waals surface area contributed by atoms with E-state index in [0.717, 1.165) is 35.5 Å². The van der Waals surface area contributed by atoms with E-state index < -0.39 is 10.0 Å². The molecule has 0 radical (unpaired) electrons. The molecule has 1 amide bonds. The Hall–Kier alpha value is -2.49. The summed E-state index contributed by atoms with van der Waals surface area (Å²) < 4.78 is 28.9. The highest BCUT2D eigenvalue weighted by atomic mass is 32.2. The van der Waals surface area contributed by atoms with Crippen molar-refractivity contribution in [1.29, 1.82) is 0 Å². The molecule has 0 aliphatic carbocycles. The molecule has 0 atom stereocenters. The first-order valence-electron chi connectivity index (χ1n) is 10.4. The fourth-order valence-corrected chi connectivity index (χ4v) is 5.89. The number of thiophene rings is 1. The summed E-state index contributed by atoms with van der Waals surface area (Å²) in [5, 5.41) is 9.51. The number of aryl methyl sites for hydroxylation is 1.